The minimum atomic E-state index is -0.0504. The molecular formula is C17H24N6O. The van der Waals surface area contributed by atoms with Crippen molar-refractivity contribution in [2.24, 2.45) is 7.05 Å². The molecule has 0 atom stereocenters. The van der Waals surface area contributed by atoms with Crippen LogP contribution in [0.2, 0.25) is 0 Å². The van der Waals surface area contributed by atoms with Crippen molar-refractivity contribution in [3.8, 4) is 0 Å². The lowest BCUT2D eigenvalue weighted by Gasteiger charge is -2.34. The van der Waals surface area contributed by atoms with Crippen molar-refractivity contribution in [1.29, 1.82) is 0 Å². The molecule has 1 N–H and O–H groups in total. The molecule has 1 amide bonds. The number of hydrogen-bond acceptors (Lipinski definition) is 5. The van der Waals surface area contributed by atoms with E-state index in [-0.39, 0.29) is 11.9 Å². The van der Waals surface area contributed by atoms with Gasteiger partial charge in [-0.1, -0.05) is 0 Å². The van der Waals surface area contributed by atoms with Crippen LogP contribution >= 0.6 is 0 Å². The van der Waals surface area contributed by atoms with E-state index in [0.717, 1.165) is 48.7 Å². The SMILES string of the molecule is Cc1cc(C(=O)NC2CCN(c3ncnc(C)c3C)CC2)n(C)n1. The van der Waals surface area contributed by atoms with E-state index in [2.05, 4.69) is 32.2 Å². The number of aromatic nitrogens is 4. The Morgan fingerprint density at radius 1 is 1.21 bits per heavy atom. The van der Waals surface area contributed by atoms with E-state index in [4.69, 9.17) is 0 Å². The number of nitrogens with one attached hydrogen (secondary N) is 1. The van der Waals surface area contributed by atoms with Gasteiger partial charge in [-0.2, -0.15) is 5.10 Å². The minimum absolute atomic E-state index is 0.0504. The Labute approximate surface area is 142 Å². The summed E-state index contributed by atoms with van der Waals surface area (Å²) in [7, 11) is 1.80. The van der Waals surface area contributed by atoms with E-state index >= 15 is 0 Å². The zero-order chi connectivity index (χ0) is 17.3. The van der Waals surface area contributed by atoms with Crippen LogP contribution in [-0.4, -0.2) is 44.8 Å². The predicted octanol–water partition coefficient (Wildman–Crippen LogP) is 1.53. The summed E-state index contributed by atoms with van der Waals surface area (Å²) in [5, 5.41) is 7.36. The van der Waals surface area contributed by atoms with Crippen molar-refractivity contribution in [1.82, 2.24) is 25.1 Å². The van der Waals surface area contributed by atoms with Gasteiger partial charge in [0.05, 0.1) is 5.69 Å². The first kappa shape index (κ1) is 16.4. The molecule has 0 saturated carbocycles. The zero-order valence-corrected chi connectivity index (χ0v) is 14.7. The maximum atomic E-state index is 12.4. The van der Waals surface area contributed by atoms with Crippen LogP contribution in [-0.2, 0) is 7.05 Å². The summed E-state index contributed by atoms with van der Waals surface area (Å²) < 4.78 is 1.63. The molecule has 24 heavy (non-hydrogen) atoms. The van der Waals surface area contributed by atoms with Gasteiger partial charge in [0.25, 0.3) is 5.91 Å². The van der Waals surface area contributed by atoms with Gasteiger partial charge < -0.3 is 10.2 Å². The summed E-state index contributed by atoms with van der Waals surface area (Å²) in [5.74, 6) is 0.958. The quantitative estimate of drug-likeness (QED) is 0.925. The second-order valence-corrected chi connectivity index (χ2v) is 6.44. The fourth-order valence-corrected chi connectivity index (χ4v) is 3.16. The summed E-state index contributed by atoms with van der Waals surface area (Å²) in [5.41, 5.74) is 3.61. The Balaban J connectivity index is 1.60. The van der Waals surface area contributed by atoms with Crippen molar-refractivity contribution in [2.45, 2.75) is 39.7 Å². The lowest BCUT2D eigenvalue weighted by molar-refractivity contribution is 0.0921. The van der Waals surface area contributed by atoms with Crippen molar-refractivity contribution in [3.05, 3.63) is 35.0 Å². The third kappa shape index (κ3) is 3.25. The predicted molar refractivity (Wildman–Crippen MR) is 92.2 cm³/mol. The summed E-state index contributed by atoms with van der Waals surface area (Å²) >= 11 is 0. The molecule has 0 bridgehead atoms. The van der Waals surface area contributed by atoms with Gasteiger partial charge in [0.1, 0.15) is 17.8 Å². The highest BCUT2D eigenvalue weighted by molar-refractivity contribution is 5.92. The van der Waals surface area contributed by atoms with Crippen molar-refractivity contribution >= 4 is 11.7 Å². The van der Waals surface area contributed by atoms with Gasteiger partial charge in [-0.3, -0.25) is 9.48 Å². The zero-order valence-electron chi connectivity index (χ0n) is 14.7. The van der Waals surface area contributed by atoms with Crippen LogP contribution < -0.4 is 10.2 Å². The van der Waals surface area contributed by atoms with E-state index in [1.165, 1.54) is 0 Å². The molecule has 0 aromatic carbocycles. The first-order valence-corrected chi connectivity index (χ1v) is 8.30. The molecule has 7 nitrogen and oxygen atoms in total. The first-order valence-electron chi connectivity index (χ1n) is 8.30. The molecule has 1 aliphatic heterocycles. The number of piperidine rings is 1. The average Bonchev–Trinajstić information content (AvgIpc) is 2.90. The van der Waals surface area contributed by atoms with Gasteiger partial charge >= 0.3 is 0 Å². The van der Waals surface area contributed by atoms with Crippen LogP contribution in [0.1, 0.15) is 40.3 Å². The van der Waals surface area contributed by atoms with Gasteiger partial charge in [0.15, 0.2) is 0 Å². The van der Waals surface area contributed by atoms with Crippen LogP contribution in [0.25, 0.3) is 0 Å². The van der Waals surface area contributed by atoms with Crippen LogP contribution in [0, 0.1) is 20.8 Å². The molecular weight excluding hydrogens is 304 g/mol. The topological polar surface area (TPSA) is 75.9 Å². The summed E-state index contributed by atoms with van der Waals surface area (Å²) in [6.07, 6.45) is 3.44. The summed E-state index contributed by atoms with van der Waals surface area (Å²) in [6, 6.07) is 2.00. The molecule has 2 aromatic heterocycles. The van der Waals surface area contributed by atoms with E-state index in [0.29, 0.717) is 5.69 Å². The number of anilines is 1. The fraction of sp³-hybridized carbons (Fsp3) is 0.529. The second-order valence-electron chi connectivity index (χ2n) is 6.44. The maximum absolute atomic E-state index is 12.4. The highest BCUT2D eigenvalue weighted by atomic mass is 16.2. The Morgan fingerprint density at radius 2 is 1.92 bits per heavy atom. The maximum Gasteiger partial charge on any atom is 0.269 e. The van der Waals surface area contributed by atoms with Gasteiger partial charge in [-0.05, 0) is 39.7 Å². The summed E-state index contributed by atoms with van der Waals surface area (Å²) in [6.45, 7) is 7.72. The number of hydrogen-bond donors (Lipinski definition) is 1. The number of carbonyl (C=O) groups excluding carboxylic acids is 1. The van der Waals surface area contributed by atoms with Gasteiger partial charge in [-0.25, -0.2) is 9.97 Å². The molecule has 128 valence electrons. The van der Waals surface area contributed by atoms with E-state index < -0.39 is 0 Å². The highest BCUT2D eigenvalue weighted by Crippen LogP contribution is 2.22. The second kappa shape index (κ2) is 6.59. The van der Waals surface area contributed by atoms with E-state index in [1.807, 2.05) is 19.9 Å². The molecule has 0 radical (unpaired) electrons. The van der Waals surface area contributed by atoms with Crippen LogP contribution in [0.5, 0.6) is 0 Å². The molecule has 3 heterocycles. The van der Waals surface area contributed by atoms with Crippen molar-refractivity contribution < 1.29 is 4.79 Å². The number of aryl methyl sites for hydroxylation is 3. The molecule has 0 aliphatic carbocycles. The fourth-order valence-electron chi connectivity index (χ4n) is 3.16. The minimum Gasteiger partial charge on any atom is -0.356 e. The molecule has 1 fully saturated rings. The van der Waals surface area contributed by atoms with Crippen molar-refractivity contribution in [2.75, 3.05) is 18.0 Å². The Hall–Kier alpha value is -2.44. The normalized spacial score (nSPS) is 15.6. The van der Waals surface area contributed by atoms with E-state index in [9.17, 15) is 4.79 Å². The van der Waals surface area contributed by atoms with E-state index in [1.54, 1.807) is 18.1 Å². The standard InChI is InChI=1S/C17H24N6O/c1-11-9-15(22(4)21-11)17(24)20-14-5-7-23(8-6-14)16-12(2)13(3)18-10-19-16/h9-10,14H,5-8H2,1-4H3,(H,20,24). The smallest absolute Gasteiger partial charge is 0.269 e. The molecule has 1 aliphatic rings. The lowest BCUT2D eigenvalue weighted by Crippen LogP contribution is -2.45. The lowest BCUT2D eigenvalue weighted by atomic mass is 10.0. The third-order valence-corrected chi connectivity index (χ3v) is 4.67. The number of carbonyl (C=O) groups is 1. The Morgan fingerprint density at radius 3 is 2.54 bits per heavy atom. The van der Waals surface area contributed by atoms with Crippen LogP contribution in [0.15, 0.2) is 12.4 Å². The molecule has 2 aromatic rings. The van der Waals surface area contributed by atoms with Crippen LogP contribution in [0.3, 0.4) is 0 Å². The molecule has 3 rings (SSSR count). The number of rotatable bonds is 3. The molecule has 7 heteroatoms. The average molecular weight is 328 g/mol. The van der Waals surface area contributed by atoms with Gasteiger partial charge in [0.2, 0.25) is 0 Å². The monoisotopic (exact) mass is 328 g/mol. The van der Waals surface area contributed by atoms with Gasteiger partial charge in [-0.15, -0.1) is 0 Å². The third-order valence-electron chi connectivity index (χ3n) is 4.67. The highest BCUT2D eigenvalue weighted by Gasteiger charge is 2.24. The first-order chi connectivity index (χ1) is 11.5. The number of amides is 1. The molecule has 0 spiro atoms. The number of nitrogens with zero attached hydrogens (tertiary/aromatic N) is 5. The largest absolute Gasteiger partial charge is 0.356 e. The molecule has 1 saturated heterocycles. The van der Waals surface area contributed by atoms with Crippen molar-refractivity contribution in [3.63, 3.8) is 0 Å². The molecule has 0 unspecified atom stereocenters. The van der Waals surface area contributed by atoms with Crippen LogP contribution in [0.4, 0.5) is 5.82 Å². The summed E-state index contributed by atoms with van der Waals surface area (Å²) in [4.78, 5) is 23.3. The van der Waals surface area contributed by atoms with Gasteiger partial charge in [0, 0.05) is 37.4 Å². The Kier molecular flexibility index (Phi) is 4.51. The Bertz CT molecular complexity index is 746.